The second-order valence-electron chi connectivity index (χ2n) is 8.49. The van der Waals surface area contributed by atoms with Crippen LogP contribution < -0.4 is 27.0 Å². The maximum Gasteiger partial charge on any atom is 0.255 e. The molecule has 9 nitrogen and oxygen atoms in total. The lowest BCUT2D eigenvalue weighted by atomic mass is 10.0. The molecule has 190 valence electrons. The van der Waals surface area contributed by atoms with Crippen molar-refractivity contribution in [2.75, 3.05) is 27.0 Å². The number of nitrogens with one attached hydrogen (secondary N) is 4. The minimum Gasteiger partial charge on any atom is -0.399 e. The molecule has 4 amide bonds. The van der Waals surface area contributed by atoms with Gasteiger partial charge in [0.15, 0.2) is 0 Å². The van der Waals surface area contributed by atoms with E-state index >= 15 is 0 Å². The first-order chi connectivity index (χ1) is 18.3. The van der Waals surface area contributed by atoms with Gasteiger partial charge in [0.25, 0.3) is 17.7 Å². The van der Waals surface area contributed by atoms with Crippen LogP contribution in [0, 0.1) is 6.92 Å². The molecule has 0 aliphatic carbocycles. The fourth-order valence-corrected chi connectivity index (χ4v) is 3.55. The van der Waals surface area contributed by atoms with Crippen LogP contribution in [0.2, 0.25) is 0 Å². The molecular weight excluding hydrogens is 482 g/mol. The van der Waals surface area contributed by atoms with Crippen molar-refractivity contribution >= 4 is 52.6 Å². The number of carbonyl (C=O) groups is 4. The Morgan fingerprint density at radius 2 is 0.921 bits per heavy atom. The van der Waals surface area contributed by atoms with Crippen molar-refractivity contribution < 1.29 is 19.2 Å². The molecule has 0 aromatic heterocycles. The predicted octanol–water partition coefficient (Wildman–Crippen LogP) is 4.90. The van der Waals surface area contributed by atoms with E-state index in [1.807, 2.05) is 19.1 Å². The molecule has 0 aliphatic rings. The topological polar surface area (TPSA) is 142 Å². The third-order valence-corrected chi connectivity index (χ3v) is 5.57. The van der Waals surface area contributed by atoms with E-state index in [9.17, 15) is 19.2 Å². The SMILES string of the molecule is Cc1ccc(NC(=O)c2cc(C(=O)Nc3ccc(N)cc3)cc(C(=O)Nc3ccc(NC=O)cc3)c2)cc1. The molecule has 0 aliphatic heterocycles. The third kappa shape index (κ3) is 6.61. The Morgan fingerprint density at radius 3 is 1.32 bits per heavy atom. The fraction of sp³-hybridized carbons (Fsp3) is 0.0345. The predicted molar refractivity (Wildman–Crippen MR) is 148 cm³/mol. The van der Waals surface area contributed by atoms with Crippen LogP contribution in [0.1, 0.15) is 36.6 Å². The van der Waals surface area contributed by atoms with Gasteiger partial charge in [-0.3, -0.25) is 19.2 Å². The van der Waals surface area contributed by atoms with Gasteiger partial charge < -0.3 is 27.0 Å². The van der Waals surface area contributed by atoms with Crippen LogP contribution in [0.5, 0.6) is 0 Å². The Bertz CT molecular complexity index is 1400. The minimum atomic E-state index is -0.521. The first-order valence-electron chi connectivity index (χ1n) is 11.6. The molecule has 0 unspecified atom stereocenters. The van der Waals surface area contributed by atoms with Crippen LogP contribution in [0.15, 0.2) is 91.0 Å². The molecule has 4 rings (SSSR count). The molecule has 4 aromatic rings. The Balaban J connectivity index is 1.62. The van der Waals surface area contributed by atoms with Gasteiger partial charge in [0.2, 0.25) is 6.41 Å². The normalized spacial score (nSPS) is 10.2. The van der Waals surface area contributed by atoms with Crippen LogP contribution in [0.3, 0.4) is 0 Å². The first-order valence-corrected chi connectivity index (χ1v) is 11.6. The summed E-state index contributed by atoms with van der Waals surface area (Å²) < 4.78 is 0. The summed E-state index contributed by atoms with van der Waals surface area (Å²) in [5.74, 6) is -1.50. The summed E-state index contributed by atoms with van der Waals surface area (Å²) >= 11 is 0. The Kier molecular flexibility index (Phi) is 7.78. The molecule has 4 aromatic carbocycles. The summed E-state index contributed by atoms with van der Waals surface area (Å²) in [5.41, 5.74) is 9.78. The number of anilines is 5. The average molecular weight is 508 g/mol. The molecule has 0 bridgehead atoms. The minimum absolute atomic E-state index is 0.110. The van der Waals surface area contributed by atoms with E-state index in [1.54, 1.807) is 60.7 Å². The van der Waals surface area contributed by atoms with Gasteiger partial charge in [-0.25, -0.2) is 0 Å². The Labute approximate surface area is 219 Å². The van der Waals surface area contributed by atoms with Crippen molar-refractivity contribution in [3.8, 4) is 0 Å². The zero-order valence-corrected chi connectivity index (χ0v) is 20.4. The van der Waals surface area contributed by atoms with Gasteiger partial charge >= 0.3 is 0 Å². The van der Waals surface area contributed by atoms with Gasteiger partial charge in [-0.05, 0) is 85.8 Å². The van der Waals surface area contributed by atoms with E-state index in [-0.39, 0.29) is 16.7 Å². The van der Waals surface area contributed by atoms with E-state index in [0.29, 0.717) is 34.8 Å². The highest BCUT2D eigenvalue weighted by Gasteiger charge is 2.17. The molecule has 0 spiro atoms. The molecule has 9 heteroatoms. The van der Waals surface area contributed by atoms with E-state index < -0.39 is 17.7 Å². The summed E-state index contributed by atoms with van der Waals surface area (Å²) in [6.07, 6.45) is 0.553. The van der Waals surface area contributed by atoms with Gasteiger partial charge in [0.1, 0.15) is 0 Å². The second kappa shape index (κ2) is 11.5. The smallest absolute Gasteiger partial charge is 0.255 e. The average Bonchev–Trinajstić information content (AvgIpc) is 2.92. The number of aryl methyl sites for hydroxylation is 1. The number of hydrogen-bond acceptors (Lipinski definition) is 5. The van der Waals surface area contributed by atoms with Crippen molar-refractivity contribution in [3.05, 3.63) is 113 Å². The van der Waals surface area contributed by atoms with Crippen molar-refractivity contribution in [3.63, 3.8) is 0 Å². The summed E-state index contributed by atoms with van der Waals surface area (Å²) in [4.78, 5) is 49.8. The first kappa shape index (κ1) is 25.6. The quantitative estimate of drug-likeness (QED) is 0.170. The number of hydrogen-bond donors (Lipinski definition) is 5. The summed E-state index contributed by atoms with van der Waals surface area (Å²) in [5, 5.41) is 10.8. The van der Waals surface area contributed by atoms with E-state index in [4.69, 9.17) is 5.73 Å². The standard InChI is InChI=1S/C29H25N5O4/c1-18-2-6-24(7-3-18)32-27(36)19-14-20(28(37)33-25-8-4-22(30)5-9-25)16-21(15-19)29(38)34-26-12-10-23(11-13-26)31-17-35/h2-17H,30H2,1H3,(H,31,35)(H,32,36)(H,33,37)(H,34,38). The number of carbonyl (C=O) groups excluding carboxylic acids is 4. The highest BCUT2D eigenvalue weighted by molar-refractivity contribution is 6.13. The molecule has 0 heterocycles. The second-order valence-corrected chi connectivity index (χ2v) is 8.49. The summed E-state index contributed by atoms with van der Waals surface area (Å²) in [6, 6.07) is 24.6. The van der Waals surface area contributed by atoms with Crippen LogP contribution >= 0.6 is 0 Å². The van der Waals surface area contributed by atoms with Crippen molar-refractivity contribution in [2.45, 2.75) is 6.92 Å². The van der Waals surface area contributed by atoms with E-state index in [2.05, 4.69) is 21.3 Å². The van der Waals surface area contributed by atoms with Gasteiger partial charge in [0.05, 0.1) is 0 Å². The lowest BCUT2D eigenvalue weighted by molar-refractivity contribution is -0.105. The number of amides is 4. The molecule has 0 saturated carbocycles. The van der Waals surface area contributed by atoms with Gasteiger partial charge in [-0.1, -0.05) is 17.7 Å². The molecule has 38 heavy (non-hydrogen) atoms. The van der Waals surface area contributed by atoms with Crippen molar-refractivity contribution in [1.29, 1.82) is 0 Å². The van der Waals surface area contributed by atoms with Crippen LogP contribution in [0.4, 0.5) is 28.4 Å². The van der Waals surface area contributed by atoms with Gasteiger partial charge in [-0.2, -0.15) is 0 Å². The largest absolute Gasteiger partial charge is 0.399 e. The zero-order valence-electron chi connectivity index (χ0n) is 20.4. The molecule has 0 saturated heterocycles. The van der Waals surface area contributed by atoms with Crippen LogP contribution in [-0.4, -0.2) is 24.1 Å². The maximum absolute atomic E-state index is 13.1. The molecule has 0 atom stereocenters. The monoisotopic (exact) mass is 507 g/mol. The molecule has 0 fully saturated rings. The molecule has 6 N–H and O–H groups in total. The number of benzene rings is 4. The summed E-state index contributed by atoms with van der Waals surface area (Å²) in [6.45, 7) is 1.94. The molecular formula is C29H25N5O4. The highest BCUT2D eigenvalue weighted by atomic mass is 16.2. The van der Waals surface area contributed by atoms with E-state index in [1.165, 1.54) is 18.2 Å². The zero-order chi connectivity index (χ0) is 27.1. The van der Waals surface area contributed by atoms with Gasteiger partial charge in [0, 0.05) is 45.1 Å². The van der Waals surface area contributed by atoms with Crippen molar-refractivity contribution in [1.82, 2.24) is 0 Å². The van der Waals surface area contributed by atoms with Crippen molar-refractivity contribution in [2.24, 2.45) is 0 Å². The van der Waals surface area contributed by atoms with Crippen LogP contribution in [0.25, 0.3) is 0 Å². The van der Waals surface area contributed by atoms with Gasteiger partial charge in [-0.15, -0.1) is 0 Å². The van der Waals surface area contributed by atoms with E-state index in [0.717, 1.165) is 5.56 Å². The highest BCUT2D eigenvalue weighted by Crippen LogP contribution is 2.19. The number of nitrogen functional groups attached to an aromatic ring is 1. The third-order valence-electron chi connectivity index (χ3n) is 5.57. The Morgan fingerprint density at radius 1 is 0.579 bits per heavy atom. The maximum atomic E-state index is 13.1. The summed E-state index contributed by atoms with van der Waals surface area (Å²) in [7, 11) is 0. The van der Waals surface area contributed by atoms with Crippen LogP contribution in [-0.2, 0) is 4.79 Å². The lowest BCUT2D eigenvalue weighted by Gasteiger charge is -2.12. The fourth-order valence-electron chi connectivity index (χ4n) is 3.55. The number of rotatable bonds is 8. The number of nitrogens with two attached hydrogens (primary N) is 1. The molecule has 0 radical (unpaired) electrons. The Hall–Kier alpha value is -5.44. The lowest BCUT2D eigenvalue weighted by Crippen LogP contribution is -2.19.